The summed E-state index contributed by atoms with van der Waals surface area (Å²) >= 11 is 1.83. The van der Waals surface area contributed by atoms with Crippen molar-refractivity contribution in [2.45, 2.75) is 0 Å². The van der Waals surface area contributed by atoms with E-state index in [2.05, 4.69) is 49.6 Å². The second-order valence-corrected chi connectivity index (χ2v) is 5.03. The van der Waals surface area contributed by atoms with Crippen molar-refractivity contribution in [1.29, 1.82) is 0 Å². The predicted octanol–water partition coefficient (Wildman–Crippen LogP) is 5.34. The van der Waals surface area contributed by atoms with Crippen LogP contribution in [0.25, 0.3) is 32.3 Å². The van der Waals surface area contributed by atoms with Crippen molar-refractivity contribution in [2.24, 2.45) is 0 Å². The van der Waals surface area contributed by atoms with Crippen LogP contribution in [0.3, 0.4) is 0 Å². The van der Waals surface area contributed by atoms with E-state index in [0.29, 0.717) is 0 Å². The van der Waals surface area contributed by atoms with Gasteiger partial charge in [0.15, 0.2) is 0 Å². The van der Waals surface area contributed by atoms with E-state index in [-0.39, 0.29) is 0 Å². The second-order valence-electron chi connectivity index (χ2n) is 3.95. The quantitative estimate of drug-likeness (QED) is 0.563. The van der Waals surface area contributed by atoms with Gasteiger partial charge < -0.3 is 0 Å². The SMILES string of the molecule is C=Cc1ccc2sc3ccccc3c2c1C=C. The van der Waals surface area contributed by atoms with Crippen LogP contribution in [-0.4, -0.2) is 0 Å². The molecular formula is C16H12S. The maximum atomic E-state index is 3.93. The lowest BCUT2D eigenvalue weighted by molar-refractivity contribution is 1.72. The summed E-state index contributed by atoms with van der Waals surface area (Å²) in [7, 11) is 0. The van der Waals surface area contributed by atoms with Crippen molar-refractivity contribution in [3.63, 3.8) is 0 Å². The van der Waals surface area contributed by atoms with E-state index >= 15 is 0 Å². The van der Waals surface area contributed by atoms with E-state index in [1.165, 1.54) is 25.7 Å². The van der Waals surface area contributed by atoms with Gasteiger partial charge in [0.05, 0.1) is 0 Å². The van der Waals surface area contributed by atoms with E-state index < -0.39 is 0 Å². The molecule has 1 heteroatoms. The smallest absolute Gasteiger partial charge is 0.0361 e. The molecule has 2 aromatic carbocycles. The summed E-state index contributed by atoms with van der Waals surface area (Å²) in [5, 5.41) is 2.61. The molecule has 0 amide bonds. The zero-order chi connectivity index (χ0) is 11.8. The van der Waals surface area contributed by atoms with Gasteiger partial charge in [-0.25, -0.2) is 0 Å². The van der Waals surface area contributed by atoms with Crippen molar-refractivity contribution in [3.05, 3.63) is 60.7 Å². The minimum atomic E-state index is 1.15. The van der Waals surface area contributed by atoms with Crippen molar-refractivity contribution >= 4 is 43.7 Å². The summed E-state index contributed by atoms with van der Waals surface area (Å²) in [5.74, 6) is 0. The fraction of sp³-hybridized carbons (Fsp3) is 0. The fourth-order valence-corrected chi connectivity index (χ4v) is 3.38. The standard InChI is InChI=1S/C16H12S/c1-3-11-9-10-15-16(12(11)4-2)13-7-5-6-8-14(13)17-15/h3-10H,1-2H2. The Bertz CT molecular complexity index is 732. The van der Waals surface area contributed by atoms with Crippen molar-refractivity contribution in [1.82, 2.24) is 0 Å². The number of fused-ring (bicyclic) bond motifs is 3. The molecule has 0 unspecified atom stereocenters. The van der Waals surface area contributed by atoms with Gasteiger partial charge in [0.2, 0.25) is 0 Å². The Morgan fingerprint density at radius 1 is 0.882 bits per heavy atom. The first-order valence-electron chi connectivity index (χ1n) is 5.54. The summed E-state index contributed by atoms with van der Waals surface area (Å²) in [4.78, 5) is 0. The molecule has 1 heterocycles. The molecule has 0 spiro atoms. The highest BCUT2D eigenvalue weighted by atomic mass is 32.1. The maximum absolute atomic E-state index is 3.93. The molecule has 0 nitrogen and oxygen atoms in total. The highest BCUT2D eigenvalue weighted by Gasteiger charge is 2.09. The Kier molecular flexibility index (Phi) is 2.34. The lowest BCUT2D eigenvalue weighted by Crippen LogP contribution is -1.80. The number of hydrogen-bond donors (Lipinski definition) is 0. The molecule has 0 bridgehead atoms. The molecule has 0 aliphatic heterocycles. The topological polar surface area (TPSA) is 0 Å². The number of thiophene rings is 1. The van der Waals surface area contributed by atoms with Gasteiger partial charge in [0, 0.05) is 20.2 Å². The second kappa shape index (κ2) is 3.86. The van der Waals surface area contributed by atoms with Crippen molar-refractivity contribution < 1.29 is 0 Å². The summed E-state index contributed by atoms with van der Waals surface area (Å²) in [6.07, 6.45) is 3.82. The zero-order valence-electron chi connectivity index (χ0n) is 9.44. The number of rotatable bonds is 2. The van der Waals surface area contributed by atoms with Crippen LogP contribution in [0, 0.1) is 0 Å². The Morgan fingerprint density at radius 3 is 2.47 bits per heavy atom. The van der Waals surface area contributed by atoms with Crippen LogP contribution in [0.2, 0.25) is 0 Å². The molecule has 1 aromatic heterocycles. The molecule has 0 radical (unpaired) electrons. The monoisotopic (exact) mass is 236 g/mol. The van der Waals surface area contributed by atoms with Crippen LogP contribution in [0.15, 0.2) is 49.6 Å². The normalized spacial score (nSPS) is 10.8. The molecule has 0 saturated heterocycles. The van der Waals surface area contributed by atoms with Crippen LogP contribution < -0.4 is 0 Å². The minimum Gasteiger partial charge on any atom is -0.135 e. The Balaban J connectivity index is 2.60. The molecule has 3 rings (SSSR count). The summed E-state index contributed by atoms with van der Waals surface area (Å²) in [5.41, 5.74) is 2.34. The van der Waals surface area contributed by atoms with Gasteiger partial charge in [-0.05, 0) is 23.3 Å². The molecule has 17 heavy (non-hydrogen) atoms. The summed E-state index contributed by atoms with van der Waals surface area (Å²) < 4.78 is 2.64. The lowest BCUT2D eigenvalue weighted by Gasteiger charge is -2.03. The molecule has 0 N–H and O–H groups in total. The van der Waals surface area contributed by atoms with Gasteiger partial charge in [-0.2, -0.15) is 0 Å². The van der Waals surface area contributed by atoms with E-state index in [4.69, 9.17) is 0 Å². The van der Waals surface area contributed by atoms with Crippen LogP contribution >= 0.6 is 11.3 Å². The van der Waals surface area contributed by atoms with E-state index in [9.17, 15) is 0 Å². The zero-order valence-corrected chi connectivity index (χ0v) is 10.3. The van der Waals surface area contributed by atoms with Crippen LogP contribution in [-0.2, 0) is 0 Å². The molecule has 82 valence electrons. The predicted molar refractivity (Wildman–Crippen MR) is 79.5 cm³/mol. The van der Waals surface area contributed by atoms with Crippen molar-refractivity contribution in [3.8, 4) is 0 Å². The van der Waals surface area contributed by atoms with E-state index in [1.54, 1.807) is 0 Å². The Labute approximate surface area is 105 Å². The molecule has 0 fully saturated rings. The molecule has 3 aromatic rings. The average Bonchev–Trinajstić information content (AvgIpc) is 2.76. The van der Waals surface area contributed by atoms with Crippen LogP contribution in [0.4, 0.5) is 0 Å². The molecule has 0 saturated carbocycles. The third-order valence-electron chi connectivity index (χ3n) is 3.04. The van der Waals surface area contributed by atoms with Crippen LogP contribution in [0.5, 0.6) is 0 Å². The van der Waals surface area contributed by atoms with Gasteiger partial charge in [-0.3, -0.25) is 0 Å². The third kappa shape index (κ3) is 1.43. The minimum absolute atomic E-state index is 1.15. The third-order valence-corrected chi connectivity index (χ3v) is 4.18. The first-order valence-corrected chi connectivity index (χ1v) is 6.36. The van der Waals surface area contributed by atoms with E-state index in [0.717, 1.165) is 5.56 Å². The Hall–Kier alpha value is -1.86. The Morgan fingerprint density at radius 2 is 1.71 bits per heavy atom. The fourth-order valence-electron chi connectivity index (χ4n) is 2.26. The summed E-state index contributed by atoms with van der Waals surface area (Å²) in [6.45, 7) is 7.80. The first-order chi connectivity index (χ1) is 8.35. The average molecular weight is 236 g/mol. The highest BCUT2D eigenvalue weighted by Crippen LogP contribution is 2.37. The van der Waals surface area contributed by atoms with Gasteiger partial charge in [-0.15, -0.1) is 11.3 Å². The molecular weight excluding hydrogens is 224 g/mol. The largest absolute Gasteiger partial charge is 0.135 e. The van der Waals surface area contributed by atoms with Gasteiger partial charge in [0.1, 0.15) is 0 Å². The first kappa shape index (κ1) is 10.3. The van der Waals surface area contributed by atoms with Gasteiger partial charge in [-0.1, -0.05) is 49.6 Å². The van der Waals surface area contributed by atoms with Gasteiger partial charge >= 0.3 is 0 Å². The van der Waals surface area contributed by atoms with Crippen molar-refractivity contribution in [2.75, 3.05) is 0 Å². The molecule has 0 atom stereocenters. The van der Waals surface area contributed by atoms with Crippen LogP contribution in [0.1, 0.15) is 11.1 Å². The number of hydrogen-bond acceptors (Lipinski definition) is 1. The lowest BCUT2D eigenvalue weighted by atomic mass is 10.0. The highest BCUT2D eigenvalue weighted by molar-refractivity contribution is 7.25. The van der Waals surface area contributed by atoms with E-state index in [1.807, 2.05) is 23.5 Å². The van der Waals surface area contributed by atoms with Gasteiger partial charge in [0.25, 0.3) is 0 Å². The molecule has 0 aliphatic carbocycles. The number of benzene rings is 2. The maximum Gasteiger partial charge on any atom is 0.0361 e. The summed E-state index contributed by atoms with van der Waals surface area (Å²) in [6, 6.07) is 12.8. The molecule has 0 aliphatic rings.